The number of halogens is 1. The fraction of sp³-hybridized carbons (Fsp3) is 0.714. The summed E-state index contributed by atoms with van der Waals surface area (Å²) in [5, 5.41) is 13.8. The first-order chi connectivity index (χ1) is 8.90. The second-order valence-corrected chi connectivity index (χ2v) is 6.59. The third-order valence-corrected chi connectivity index (χ3v) is 5.31. The van der Waals surface area contributed by atoms with Crippen LogP contribution in [-0.2, 0) is 18.3 Å². The fourth-order valence-corrected chi connectivity index (χ4v) is 3.70. The molecule has 2 rings (SSSR count). The van der Waals surface area contributed by atoms with E-state index in [1.54, 1.807) is 0 Å². The minimum atomic E-state index is -0.646. The maximum absolute atomic E-state index is 11.4. The number of nitrogens with zero attached hydrogens (tertiary/aromatic N) is 2. The van der Waals surface area contributed by atoms with Crippen molar-refractivity contribution in [3.05, 3.63) is 15.9 Å². The molecule has 1 saturated carbocycles. The van der Waals surface area contributed by atoms with Crippen LogP contribution in [0.5, 0.6) is 0 Å². The number of aliphatic carboxylic acids is 1. The predicted molar refractivity (Wildman–Crippen MR) is 77.0 cm³/mol. The number of aryl methyl sites for hydroxylation is 2. The van der Waals surface area contributed by atoms with Crippen molar-refractivity contribution in [1.29, 1.82) is 0 Å². The van der Waals surface area contributed by atoms with Gasteiger partial charge in [0.05, 0.1) is 21.8 Å². The number of carboxylic acids is 1. The van der Waals surface area contributed by atoms with Crippen LogP contribution in [0.4, 0.5) is 0 Å². The van der Waals surface area contributed by atoms with Gasteiger partial charge < -0.3 is 5.11 Å². The number of hydrogen-bond acceptors (Lipinski definition) is 2. The van der Waals surface area contributed by atoms with Gasteiger partial charge in [-0.25, -0.2) is 0 Å². The Labute approximate surface area is 122 Å². The molecule has 3 atom stereocenters. The third kappa shape index (κ3) is 3.02. The SMILES string of the molecule is Cc1nn(C)c(CC2CC(C)CCC2C(=O)O)c1Br. The molecular formula is C14H21BrN2O2. The Morgan fingerprint density at radius 1 is 1.53 bits per heavy atom. The molecule has 0 radical (unpaired) electrons. The molecule has 0 bridgehead atoms. The lowest BCUT2D eigenvalue weighted by Gasteiger charge is -2.32. The highest BCUT2D eigenvalue weighted by atomic mass is 79.9. The summed E-state index contributed by atoms with van der Waals surface area (Å²) in [5.74, 6) is -0.0220. The molecule has 4 nitrogen and oxygen atoms in total. The van der Waals surface area contributed by atoms with Gasteiger partial charge in [0.25, 0.3) is 0 Å². The molecule has 0 spiro atoms. The molecule has 19 heavy (non-hydrogen) atoms. The molecular weight excluding hydrogens is 308 g/mol. The Kier molecular flexibility index (Phi) is 4.33. The summed E-state index contributed by atoms with van der Waals surface area (Å²) in [4.78, 5) is 11.4. The van der Waals surface area contributed by atoms with E-state index >= 15 is 0 Å². The Morgan fingerprint density at radius 3 is 2.74 bits per heavy atom. The summed E-state index contributed by atoms with van der Waals surface area (Å²) in [6.07, 6.45) is 3.61. The van der Waals surface area contributed by atoms with Crippen LogP contribution < -0.4 is 0 Å². The Bertz CT molecular complexity index is 484. The average molecular weight is 329 g/mol. The van der Waals surface area contributed by atoms with E-state index in [9.17, 15) is 9.90 Å². The molecule has 1 heterocycles. The summed E-state index contributed by atoms with van der Waals surface area (Å²) >= 11 is 3.57. The van der Waals surface area contributed by atoms with Crippen molar-refractivity contribution in [2.75, 3.05) is 0 Å². The first-order valence-corrected chi connectivity index (χ1v) is 7.60. The van der Waals surface area contributed by atoms with Crippen LogP contribution in [0.15, 0.2) is 4.47 Å². The lowest BCUT2D eigenvalue weighted by atomic mass is 9.73. The normalized spacial score (nSPS) is 27.5. The van der Waals surface area contributed by atoms with E-state index in [0.717, 1.165) is 41.5 Å². The molecule has 106 valence electrons. The summed E-state index contributed by atoms with van der Waals surface area (Å²) in [6, 6.07) is 0. The first kappa shape index (κ1) is 14.6. The van der Waals surface area contributed by atoms with Gasteiger partial charge in [-0.15, -0.1) is 0 Å². The monoisotopic (exact) mass is 328 g/mol. The Balaban J connectivity index is 2.21. The molecule has 1 aliphatic rings. The van der Waals surface area contributed by atoms with Gasteiger partial charge in [-0.1, -0.05) is 6.92 Å². The van der Waals surface area contributed by atoms with Crippen molar-refractivity contribution in [1.82, 2.24) is 9.78 Å². The van der Waals surface area contributed by atoms with Crippen LogP contribution in [0.25, 0.3) is 0 Å². The maximum atomic E-state index is 11.4. The van der Waals surface area contributed by atoms with Gasteiger partial charge in [0.1, 0.15) is 0 Å². The van der Waals surface area contributed by atoms with E-state index in [4.69, 9.17) is 0 Å². The summed E-state index contributed by atoms with van der Waals surface area (Å²) in [6.45, 7) is 4.18. The summed E-state index contributed by atoms with van der Waals surface area (Å²) < 4.78 is 2.90. The minimum absolute atomic E-state index is 0.210. The highest BCUT2D eigenvalue weighted by Gasteiger charge is 2.34. The van der Waals surface area contributed by atoms with Gasteiger partial charge in [-0.2, -0.15) is 5.10 Å². The molecule has 0 amide bonds. The first-order valence-electron chi connectivity index (χ1n) is 6.81. The van der Waals surface area contributed by atoms with Gasteiger partial charge in [0.2, 0.25) is 0 Å². The van der Waals surface area contributed by atoms with Crippen molar-refractivity contribution in [3.63, 3.8) is 0 Å². The molecule has 0 aromatic carbocycles. The molecule has 1 aliphatic carbocycles. The Hall–Kier alpha value is -0.840. The molecule has 1 aromatic rings. The average Bonchev–Trinajstić information content (AvgIpc) is 2.56. The molecule has 1 aromatic heterocycles. The predicted octanol–water partition coefficient (Wildman–Crippen LogP) is 3.17. The fourth-order valence-electron chi connectivity index (χ4n) is 3.20. The highest BCUT2D eigenvalue weighted by Crippen LogP contribution is 2.37. The van der Waals surface area contributed by atoms with Crippen molar-refractivity contribution >= 4 is 21.9 Å². The zero-order valence-corrected chi connectivity index (χ0v) is 13.3. The second-order valence-electron chi connectivity index (χ2n) is 5.80. The van der Waals surface area contributed by atoms with Crippen molar-refractivity contribution in [2.24, 2.45) is 24.8 Å². The van der Waals surface area contributed by atoms with Crippen LogP contribution in [-0.4, -0.2) is 20.9 Å². The standard InChI is InChI=1S/C14H21BrN2O2/c1-8-4-5-11(14(18)19)10(6-8)7-12-13(15)9(2)16-17(12)3/h8,10-11H,4-7H2,1-3H3,(H,18,19). The van der Waals surface area contributed by atoms with E-state index in [-0.39, 0.29) is 11.8 Å². The Morgan fingerprint density at radius 2 is 2.21 bits per heavy atom. The topological polar surface area (TPSA) is 55.1 Å². The van der Waals surface area contributed by atoms with Crippen LogP contribution in [0.3, 0.4) is 0 Å². The van der Waals surface area contributed by atoms with Gasteiger partial charge in [0, 0.05) is 7.05 Å². The van der Waals surface area contributed by atoms with E-state index in [0.29, 0.717) is 5.92 Å². The number of rotatable bonds is 3. The highest BCUT2D eigenvalue weighted by molar-refractivity contribution is 9.10. The van der Waals surface area contributed by atoms with Crippen molar-refractivity contribution in [2.45, 2.75) is 39.5 Å². The molecule has 0 saturated heterocycles. The summed E-state index contributed by atoms with van der Waals surface area (Å²) in [7, 11) is 1.93. The third-order valence-electron chi connectivity index (χ3n) is 4.28. The number of carbonyl (C=O) groups is 1. The van der Waals surface area contributed by atoms with Crippen LogP contribution in [0.1, 0.15) is 37.6 Å². The number of carboxylic acid groups (broad SMARTS) is 1. The van der Waals surface area contributed by atoms with Crippen LogP contribution >= 0.6 is 15.9 Å². The van der Waals surface area contributed by atoms with Crippen molar-refractivity contribution < 1.29 is 9.90 Å². The zero-order valence-electron chi connectivity index (χ0n) is 11.7. The van der Waals surface area contributed by atoms with Crippen LogP contribution in [0, 0.1) is 24.7 Å². The van der Waals surface area contributed by atoms with E-state index in [2.05, 4.69) is 28.0 Å². The van der Waals surface area contributed by atoms with E-state index < -0.39 is 5.97 Å². The van der Waals surface area contributed by atoms with Gasteiger partial charge in [0.15, 0.2) is 0 Å². The molecule has 0 aliphatic heterocycles. The second kappa shape index (κ2) is 5.65. The molecule has 1 fully saturated rings. The zero-order chi connectivity index (χ0) is 14.2. The quantitative estimate of drug-likeness (QED) is 0.927. The molecule has 1 N–H and O–H groups in total. The lowest BCUT2D eigenvalue weighted by Crippen LogP contribution is -2.31. The van der Waals surface area contributed by atoms with Gasteiger partial charge in [-0.3, -0.25) is 9.48 Å². The summed E-state index contributed by atoms with van der Waals surface area (Å²) in [5.41, 5.74) is 2.08. The lowest BCUT2D eigenvalue weighted by molar-refractivity contribution is -0.145. The van der Waals surface area contributed by atoms with Crippen LogP contribution in [0.2, 0.25) is 0 Å². The number of aromatic nitrogens is 2. The minimum Gasteiger partial charge on any atom is -0.481 e. The molecule has 5 heteroatoms. The van der Waals surface area contributed by atoms with Gasteiger partial charge in [-0.05, 0) is 60.4 Å². The van der Waals surface area contributed by atoms with E-state index in [1.807, 2.05) is 18.7 Å². The molecule has 3 unspecified atom stereocenters. The largest absolute Gasteiger partial charge is 0.481 e. The van der Waals surface area contributed by atoms with E-state index in [1.165, 1.54) is 0 Å². The van der Waals surface area contributed by atoms with Gasteiger partial charge >= 0.3 is 5.97 Å². The maximum Gasteiger partial charge on any atom is 0.306 e. The number of hydrogen-bond donors (Lipinski definition) is 1. The van der Waals surface area contributed by atoms with Crippen molar-refractivity contribution in [3.8, 4) is 0 Å². The smallest absolute Gasteiger partial charge is 0.306 e.